The van der Waals surface area contributed by atoms with Gasteiger partial charge in [0.2, 0.25) is 0 Å². The zero-order valence-electron chi connectivity index (χ0n) is 13.2. The Morgan fingerprint density at radius 2 is 1.92 bits per heavy atom. The van der Waals surface area contributed by atoms with Crippen LogP contribution in [0.1, 0.15) is 32.6 Å². The number of nitro groups is 2. The van der Waals surface area contributed by atoms with Crippen LogP contribution in [0.4, 0.5) is 17.1 Å². The highest BCUT2D eigenvalue weighted by atomic mass is 32.1. The van der Waals surface area contributed by atoms with Crippen molar-refractivity contribution in [3.63, 3.8) is 0 Å². The molecule has 3 N–H and O–H groups in total. The van der Waals surface area contributed by atoms with Gasteiger partial charge in [-0.15, -0.1) is 0 Å². The second-order valence-corrected chi connectivity index (χ2v) is 6.22. The second-order valence-electron chi connectivity index (χ2n) is 5.81. The van der Waals surface area contributed by atoms with Crippen LogP contribution in [0.5, 0.6) is 0 Å². The van der Waals surface area contributed by atoms with Crippen molar-refractivity contribution in [3.05, 3.63) is 38.4 Å². The molecule has 2 atom stereocenters. The van der Waals surface area contributed by atoms with Crippen molar-refractivity contribution in [3.8, 4) is 0 Å². The number of hydrogen-bond donors (Lipinski definition) is 3. The van der Waals surface area contributed by atoms with Crippen LogP contribution >= 0.6 is 12.2 Å². The summed E-state index contributed by atoms with van der Waals surface area (Å²) in [6.07, 6.45) is 4.53. The number of nitro benzene ring substituents is 2. The van der Waals surface area contributed by atoms with Gasteiger partial charge in [0, 0.05) is 12.1 Å². The van der Waals surface area contributed by atoms with Crippen molar-refractivity contribution in [2.45, 2.75) is 38.6 Å². The molecular formula is C14H19N5O4S. The molecule has 0 spiro atoms. The predicted molar refractivity (Wildman–Crippen MR) is 93.7 cm³/mol. The molecule has 0 heterocycles. The van der Waals surface area contributed by atoms with E-state index in [-0.39, 0.29) is 17.4 Å². The smallest absolute Gasteiger partial charge is 0.300 e. The maximum Gasteiger partial charge on any atom is 0.300 e. The van der Waals surface area contributed by atoms with Crippen molar-refractivity contribution in [1.29, 1.82) is 0 Å². The lowest BCUT2D eigenvalue weighted by Crippen LogP contribution is -2.47. The molecule has 0 aliphatic heterocycles. The first kappa shape index (κ1) is 17.9. The van der Waals surface area contributed by atoms with E-state index in [1.54, 1.807) is 0 Å². The van der Waals surface area contributed by atoms with Crippen molar-refractivity contribution in [1.82, 2.24) is 10.7 Å². The van der Waals surface area contributed by atoms with E-state index in [1.807, 2.05) is 0 Å². The quantitative estimate of drug-likeness (QED) is 0.419. The number of hydrazine groups is 1. The lowest BCUT2D eigenvalue weighted by atomic mass is 9.86. The monoisotopic (exact) mass is 353 g/mol. The van der Waals surface area contributed by atoms with E-state index in [0.717, 1.165) is 25.3 Å². The van der Waals surface area contributed by atoms with E-state index >= 15 is 0 Å². The third kappa shape index (κ3) is 4.51. The van der Waals surface area contributed by atoms with Crippen molar-refractivity contribution < 1.29 is 9.85 Å². The van der Waals surface area contributed by atoms with Crippen LogP contribution in [0.2, 0.25) is 0 Å². The van der Waals surface area contributed by atoms with Gasteiger partial charge in [-0.2, -0.15) is 0 Å². The minimum Gasteiger partial charge on any atom is -0.358 e. The Kier molecular flexibility index (Phi) is 5.85. The lowest BCUT2D eigenvalue weighted by Gasteiger charge is -2.30. The Balaban J connectivity index is 1.99. The van der Waals surface area contributed by atoms with Gasteiger partial charge in [0.05, 0.1) is 15.9 Å². The van der Waals surface area contributed by atoms with Crippen LogP contribution in [0.15, 0.2) is 18.2 Å². The zero-order valence-corrected chi connectivity index (χ0v) is 14.0. The molecular weight excluding hydrogens is 334 g/mol. The third-order valence-electron chi connectivity index (χ3n) is 4.13. The summed E-state index contributed by atoms with van der Waals surface area (Å²) in [5.41, 5.74) is 4.72. The van der Waals surface area contributed by atoms with Crippen LogP contribution in [-0.4, -0.2) is 21.0 Å². The molecule has 1 aliphatic rings. The number of anilines is 1. The van der Waals surface area contributed by atoms with Gasteiger partial charge in [0.15, 0.2) is 5.11 Å². The molecule has 1 fully saturated rings. The molecule has 0 saturated heterocycles. The number of hydrogen-bond acceptors (Lipinski definition) is 6. The minimum atomic E-state index is -0.684. The fourth-order valence-electron chi connectivity index (χ4n) is 2.75. The molecule has 9 nitrogen and oxygen atoms in total. The van der Waals surface area contributed by atoms with Crippen molar-refractivity contribution >= 4 is 34.4 Å². The molecule has 1 aromatic rings. The standard InChI is InChI=1S/C14H19N5O4S/c1-9-4-2-3-5-11(9)15-14(24)17-16-12-7-6-10(18(20)21)8-13(12)19(22)23/h6-9,11,16H,2-5H2,1H3,(H2,15,17,24)/t9-,11+/m1/s1. The van der Waals surface area contributed by atoms with Crippen LogP contribution in [-0.2, 0) is 0 Å². The number of nitrogens with one attached hydrogen (secondary N) is 3. The topological polar surface area (TPSA) is 122 Å². The summed E-state index contributed by atoms with van der Waals surface area (Å²) < 4.78 is 0. The molecule has 1 aromatic carbocycles. The maximum absolute atomic E-state index is 11.1. The number of nitrogens with zero attached hydrogens (tertiary/aromatic N) is 2. The third-order valence-corrected chi connectivity index (χ3v) is 4.35. The van der Waals surface area contributed by atoms with Crippen molar-refractivity contribution in [2.75, 3.05) is 5.43 Å². The summed E-state index contributed by atoms with van der Waals surface area (Å²) in [6, 6.07) is 3.64. The van der Waals surface area contributed by atoms with Crippen LogP contribution in [0.25, 0.3) is 0 Å². The summed E-state index contributed by atoms with van der Waals surface area (Å²) in [6.45, 7) is 2.16. The van der Waals surface area contributed by atoms with Gasteiger partial charge in [-0.25, -0.2) is 0 Å². The fraction of sp³-hybridized carbons (Fsp3) is 0.500. The Morgan fingerprint density at radius 3 is 2.54 bits per heavy atom. The van der Waals surface area contributed by atoms with Gasteiger partial charge < -0.3 is 5.32 Å². The molecule has 130 valence electrons. The van der Waals surface area contributed by atoms with Crippen molar-refractivity contribution in [2.24, 2.45) is 5.92 Å². The average Bonchev–Trinajstić information content (AvgIpc) is 2.54. The Morgan fingerprint density at radius 1 is 1.21 bits per heavy atom. The summed E-state index contributed by atoms with van der Waals surface area (Å²) in [5, 5.41) is 25.3. The number of rotatable bonds is 5. The molecule has 0 unspecified atom stereocenters. The molecule has 1 saturated carbocycles. The van der Waals surface area contributed by atoms with Gasteiger partial charge in [-0.05, 0) is 37.0 Å². The minimum absolute atomic E-state index is 0.103. The molecule has 0 aromatic heterocycles. The number of thiocarbonyl (C=S) groups is 1. The summed E-state index contributed by atoms with van der Waals surface area (Å²) in [5.74, 6) is 0.507. The van der Waals surface area contributed by atoms with Crippen LogP contribution in [0, 0.1) is 26.1 Å². The molecule has 10 heteroatoms. The Bertz CT molecular complexity index is 654. The van der Waals surface area contributed by atoms with Crippen LogP contribution in [0.3, 0.4) is 0 Å². The van der Waals surface area contributed by atoms with Gasteiger partial charge in [0.25, 0.3) is 5.69 Å². The molecule has 0 bridgehead atoms. The number of non-ortho nitro benzene ring substituents is 1. The molecule has 0 amide bonds. The zero-order chi connectivity index (χ0) is 17.7. The van der Waals surface area contributed by atoms with E-state index in [0.29, 0.717) is 11.0 Å². The van der Waals surface area contributed by atoms with Gasteiger partial charge in [-0.1, -0.05) is 19.8 Å². The fourth-order valence-corrected chi connectivity index (χ4v) is 2.95. The highest BCUT2D eigenvalue weighted by molar-refractivity contribution is 7.80. The summed E-state index contributed by atoms with van der Waals surface area (Å²) in [7, 11) is 0. The SMILES string of the molecule is C[C@@H]1CCCC[C@@H]1NC(=S)NNc1ccc([N+](=O)[O-])cc1[N+](=O)[O-]. The lowest BCUT2D eigenvalue weighted by molar-refractivity contribution is -0.393. The first-order chi connectivity index (χ1) is 11.4. The summed E-state index contributed by atoms with van der Waals surface area (Å²) >= 11 is 5.20. The average molecular weight is 353 g/mol. The first-order valence-corrected chi connectivity index (χ1v) is 8.04. The van der Waals surface area contributed by atoms with E-state index in [4.69, 9.17) is 12.2 Å². The van der Waals surface area contributed by atoms with Gasteiger partial charge >= 0.3 is 5.69 Å². The highest BCUT2D eigenvalue weighted by Gasteiger charge is 2.22. The Hall–Kier alpha value is -2.49. The van der Waals surface area contributed by atoms with E-state index in [1.165, 1.54) is 18.6 Å². The highest BCUT2D eigenvalue weighted by Crippen LogP contribution is 2.28. The molecule has 2 rings (SSSR count). The predicted octanol–water partition coefficient (Wildman–Crippen LogP) is 2.87. The van der Waals surface area contributed by atoms with Gasteiger partial charge in [-0.3, -0.25) is 31.1 Å². The van der Waals surface area contributed by atoms with E-state index in [9.17, 15) is 20.2 Å². The maximum atomic E-state index is 11.1. The second kappa shape index (κ2) is 7.86. The molecule has 24 heavy (non-hydrogen) atoms. The largest absolute Gasteiger partial charge is 0.358 e. The normalized spacial score (nSPS) is 20.0. The first-order valence-electron chi connectivity index (χ1n) is 7.64. The molecule has 1 aliphatic carbocycles. The van der Waals surface area contributed by atoms with Crippen LogP contribution < -0.4 is 16.2 Å². The molecule has 0 radical (unpaired) electrons. The van der Waals surface area contributed by atoms with E-state index in [2.05, 4.69) is 23.1 Å². The Labute approximate surface area is 144 Å². The van der Waals surface area contributed by atoms with Gasteiger partial charge in [0.1, 0.15) is 5.69 Å². The summed E-state index contributed by atoms with van der Waals surface area (Å²) in [4.78, 5) is 20.4. The van der Waals surface area contributed by atoms with E-state index < -0.39 is 15.5 Å². The number of benzene rings is 1.